The molecule has 3 aromatic carbocycles. The highest BCUT2D eigenvalue weighted by atomic mass is 16.5. The molecule has 0 saturated carbocycles. The van der Waals surface area contributed by atoms with Crippen LogP contribution in [0.25, 0.3) is 5.57 Å². The quantitative estimate of drug-likeness (QED) is 0.394. The molecule has 0 bridgehead atoms. The molecule has 0 radical (unpaired) electrons. The van der Waals surface area contributed by atoms with E-state index in [1.165, 1.54) is 59.0 Å². The Morgan fingerprint density at radius 1 is 0.821 bits per heavy atom. The number of anilines is 1. The summed E-state index contributed by atoms with van der Waals surface area (Å²) in [4.78, 5) is 14.6. The van der Waals surface area contributed by atoms with Crippen molar-refractivity contribution in [3.63, 3.8) is 0 Å². The van der Waals surface area contributed by atoms with Crippen LogP contribution >= 0.6 is 0 Å². The molecule has 5 heteroatoms. The average molecular weight is 520 g/mol. The number of hydrogen-bond acceptors (Lipinski definition) is 3. The molecule has 5 nitrogen and oxygen atoms in total. The van der Waals surface area contributed by atoms with Crippen molar-refractivity contribution in [3.05, 3.63) is 85.9 Å². The van der Waals surface area contributed by atoms with E-state index in [1.54, 1.807) is 6.07 Å². The highest BCUT2D eigenvalue weighted by Crippen LogP contribution is 2.48. The zero-order valence-corrected chi connectivity index (χ0v) is 22.5. The number of benzene rings is 3. The lowest BCUT2D eigenvalue weighted by Gasteiger charge is -2.35. The van der Waals surface area contributed by atoms with Gasteiger partial charge >= 0.3 is 5.97 Å². The van der Waals surface area contributed by atoms with E-state index in [-0.39, 0.29) is 0 Å². The lowest BCUT2D eigenvalue weighted by Crippen LogP contribution is -2.41. The van der Waals surface area contributed by atoms with E-state index < -0.39 is 5.97 Å². The molecular formula is C34H35N2O3+. The molecular weight excluding hydrogens is 484 g/mol. The summed E-state index contributed by atoms with van der Waals surface area (Å²) in [5.74, 6) is 1.15. The molecule has 0 saturated heterocycles. The van der Waals surface area contributed by atoms with E-state index in [0.717, 1.165) is 98.1 Å². The first-order valence-electron chi connectivity index (χ1n) is 14.9. The number of nitrogens with zero attached hydrogens (tertiary/aromatic N) is 2. The molecule has 5 heterocycles. The molecule has 8 rings (SSSR count). The summed E-state index contributed by atoms with van der Waals surface area (Å²) in [5.41, 5.74) is 10.6. The third-order valence-corrected chi connectivity index (χ3v) is 9.59. The molecule has 39 heavy (non-hydrogen) atoms. The SMILES string of the molecule is O=C(O)c1cccc(C2=c3cc4c5c(c3Oc3c2cc2c6c3CCCN6CCCC2)CCC[N+]=5CCCC4)c1. The van der Waals surface area contributed by atoms with Crippen molar-refractivity contribution in [1.29, 1.82) is 0 Å². The van der Waals surface area contributed by atoms with Crippen LogP contribution in [0.15, 0.2) is 36.4 Å². The van der Waals surface area contributed by atoms with Gasteiger partial charge in [0.2, 0.25) is 5.36 Å². The number of carbonyl (C=O) groups is 1. The third kappa shape index (κ3) is 3.58. The number of carboxylic acids is 1. The van der Waals surface area contributed by atoms with Crippen LogP contribution in [0.4, 0.5) is 5.69 Å². The Labute approximate surface area is 229 Å². The largest absolute Gasteiger partial charge is 0.478 e. The molecule has 0 fully saturated rings. The van der Waals surface area contributed by atoms with E-state index >= 15 is 0 Å². The molecule has 3 aromatic rings. The van der Waals surface area contributed by atoms with Crippen LogP contribution in [0.3, 0.4) is 0 Å². The summed E-state index contributed by atoms with van der Waals surface area (Å²) in [7, 11) is 0. The first kappa shape index (κ1) is 23.3. The minimum Gasteiger partial charge on any atom is -0.478 e. The summed E-state index contributed by atoms with van der Waals surface area (Å²) in [6.45, 7) is 4.50. The molecule has 5 aliphatic heterocycles. The number of ether oxygens (including phenoxy) is 1. The fraction of sp³-hybridized carbons (Fsp3) is 0.412. The van der Waals surface area contributed by atoms with E-state index in [9.17, 15) is 9.90 Å². The molecule has 1 N–H and O–H groups in total. The predicted octanol–water partition coefficient (Wildman–Crippen LogP) is 4.60. The van der Waals surface area contributed by atoms with E-state index in [4.69, 9.17) is 4.74 Å². The summed E-state index contributed by atoms with van der Waals surface area (Å²) in [6, 6.07) is 12.3. The van der Waals surface area contributed by atoms with Gasteiger partial charge in [0.15, 0.2) is 0 Å². The predicted molar refractivity (Wildman–Crippen MR) is 153 cm³/mol. The van der Waals surface area contributed by atoms with Crippen LogP contribution in [0, 0.1) is 0 Å². The van der Waals surface area contributed by atoms with Crippen LogP contribution in [0.1, 0.15) is 82.3 Å². The third-order valence-electron chi connectivity index (χ3n) is 9.59. The first-order valence-corrected chi connectivity index (χ1v) is 14.9. The maximum atomic E-state index is 12.0. The Bertz CT molecular complexity index is 1690. The van der Waals surface area contributed by atoms with Crippen LogP contribution in [0.2, 0.25) is 0 Å². The summed E-state index contributed by atoms with van der Waals surface area (Å²) < 4.78 is 9.74. The van der Waals surface area contributed by atoms with E-state index in [2.05, 4.69) is 27.7 Å². The average Bonchev–Trinajstić information content (AvgIpc) is 3.30. The van der Waals surface area contributed by atoms with Gasteiger partial charge in [-0.1, -0.05) is 12.1 Å². The van der Waals surface area contributed by atoms with Crippen molar-refractivity contribution in [3.8, 4) is 11.5 Å². The maximum Gasteiger partial charge on any atom is 0.335 e. The first-order chi connectivity index (χ1) is 19.2. The van der Waals surface area contributed by atoms with E-state index in [1.807, 2.05) is 12.1 Å². The van der Waals surface area contributed by atoms with Crippen molar-refractivity contribution in [2.75, 3.05) is 31.1 Å². The lowest BCUT2D eigenvalue weighted by molar-refractivity contribution is 0.0697. The van der Waals surface area contributed by atoms with Gasteiger partial charge in [-0.05, 0) is 86.8 Å². The van der Waals surface area contributed by atoms with Crippen molar-refractivity contribution >= 4 is 17.2 Å². The van der Waals surface area contributed by atoms with Crippen molar-refractivity contribution in [2.45, 2.75) is 64.2 Å². The molecule has 0 amide bonds. The Hall–Kier alpha value is -3.60. The van der Waals surface area contributed by atoms with Crippen LogP contribution < -0.4 is 24.8 Å². The van der Waals surface area contributed by atoms with Crippen molar-refractivity contribution in [1.82, 2.24) is 4.58 Å². The smallest absolute Gasteiger partial charge is 0.335 e. The van der Waals surface area contributed by atoms with Gasteiger partial charge in [0.05, 0.1) is 11.1 Å². The normalized spacial score (nSPS) is 19.1. The van der Waals surface area contributed by atoms with Crippen molar-refractivity contribution < 1.29 is 14.6 Å². The molecule has 0 unspecified atom stereocenters. The Morgan fingerprint density at radius 2 is 1.64 bits per heavy atom. The number of rotatable bonds is 2. The Kier molecular flexibility index (Phi) is 5.36. The number of aromatic carboxylic acids is 1. The monoisotopic (exact) mass is 519 g/mol. The topological polar surface area (TPSA) is 52.8 Å². The van der Waals surface area contributed by atoms with Crippen LogP contribution in [-0.2, 0) is 25.7 Å². The Morgan fingerprint density at radius 3 is 2.56 bits per heavy atom. The second-order valence-electron chi connectivity index (χ2n) is 11.9. The highest BCUT2D eigenvalue weighted by molar-refractivity contribution is 5.93. The van der Waals surface area contributed by atoms with Gasteiger partial charge in [-0.3, -0.25) is 0 Å². The van der Waals surface area contributed by atoms with Gasteiger partial charge in [-0.25, -0.2) is 9.37 Å². The van der Waals surface area contributed by atoms with Gasteiger partial charge in [-0.15, -0.1) is 0 Å². The number of hydrogen-bond donors (Lipinski definition) is 1. The fourth-order valence-electron chi connectivity index (χ4n) is 7.95. The van der Waals surface area contributed by atoms with Crippen molar-refractivity contribution in [2.24, 2.45) is 0 Å². The number of aryl methyl sites for hydroxylation is 2. The second-order valence-corrected chi connectivity index (χ2v) is 11.9. The highest BCUT2D eigenvalue weighted by Gasteiger charge is 2.35. The molecule has 198 valence electrons. The minimum absolute atomic E-state index is 0.333. The van der Waals surface area contributed by atoms with Gasteiger partial charge in [0.25, 0.3) is 0 Å². The maximum absolute atomic E-state index is 12.0. The van der Waals surface area contributed by atoms with E-state index in [0.29, 0.717) is 5.56 Å². The van der Waals surface area contributed by atoms with Crippen LogP contribution in [0.5, 0.6) is 11.5 Å². The summed E-state index contributed by atoms with van der Waals surface area (Å²) in [5, 5.41) is 12.4. The molecule has 0 spiro atoms. The number of fused-ring (bicyclic) bond motifs is 4. The van der Waals surface area contributed by atoms with Gasteiger partial charge in [0, 0.05) is 59.1 Å². The zero-order valence-electron chi connectivity index (χ0n) is 22.5. The standard InChI is InChI=1S/C34H34N2O3/c37-34(38)24-11-5-10-21(18-24)29-27-19-22-8-1-3-14-35-16-6-12-25(30(22)35)32(27)39-33-26-13-7-17-36-15-4-2-9-23(31(26)36)20-28(29)33/h5,10-11,18-20H,1-4,6-9,12-17H2/p+1. The number of carboxylic acid groups (broad SMARTS) is 1. The van der Waals surface area contributed by atoms with Crippen LogP contribution in [-0.4, -0.2) is 37.3 Å². The lowest BCUT2D eigenvalue weighted by atomic mass is 9.84. The summed E-state index contributed by atoms with van der Waals surface area (Å²) in [6.07, 6.45) is 11.4. The summed E-state index contributed by atoms with van der Waals surface area (Å²) >= 11 is 0. The fourth-order valence-corrected chi connectivity index (χ4v) is 7.95. The second kappa shape index (κ2) is 8.97. The molecule has 5 aliphatic rings. The molecule has 0 aliphatic carbocycles. The van der Waals surface area contributed by atoms with Gasteiger partial charge in [-0.2, -0.15) is 0 Å². The Balaban J connectivity index is 1.51. The zero-order chi connectivity index (χ0) is 26.1. The van der Waals surface area contributed by atoms with Gasteiger partial charge in [0.1, 0.15) is 24.6 Å². The minimum atomic E-state index is -0.884. The van der Waals surface area contributed by atoms with Gasteiger partial charge < -0.3 is 14.7 Å². The molecule has 0 aromatic heterocycles. The molecule has 0 atom stereocenters.